The van der Waals surface area contributed by atoms with Crippen LogP contribution in [-0.4, -0.2) is 47.3 Å². The molecule has 0 bridgehead atoms. The number of aliphatic hydroxyl groups is 1. The number of ether oxygens (including phenoxy) is 1. The normalized spacial score (nSPS) is 34.0. The minimum absolute atomic E-state index is 0.0708. The maximum absolute atomic E-state index is 11.5. The molecule has 5 nitrogen and oxygen atoms in total. The minimum atomic E-state index is -0.358. The lowest BCUT2D eigenvalue weighted by Gasteiger charge is -2.36. The summed E-state index contributed by atoms with van der Waals surface area (Å²) >= 11 is 0. The molecule has 0 saturated carbocycles. The van der Waals surface area contributed by atoms with Crippen molar-refractivity contribution in [1.29, 1.82) is 5.26 Å². The topological polar surface area (TPSA) is 73.6 Å². The van der Waals surface area contributed by atoms with Gasteiger partial charge in [-0.15, -0.1) is 0 Å². The van der Waals surface area contributed by atoms with Crippen LogP contribution >= 0.6 is 0 Å². The summed E-state index contributed by atoms with van der Waals surface area (Å²) in [4.78, 5) is 13.2. The van der Waals surface area contributed by atoms with Gasteiger partial charge in [-0.25, -0.2) is 0 Å². The van der Waals surface area contributed by atoms with E-state index in [0.29, 0.717) is 32.5 Å². The SMILES string of the molecule is N#CCC(=O)N1CC[C@@]2(C[C@H](O)CCO2)C1. The standard InChI is InChI=1S/C11H16N2O3/c12-4-1-10(15)13-5-3-11(8-13)7-9(14)2-6-16-11/h9,14H,1-3,5-8H2/t9-,11-/m1/s1. The van der Waals surface area contributed by atoms with Crippen LogP contribution in [0.4, 0.5) is 0 Å². The average molecular weight is 224 g/mol. The summed E-state index contributed by atoms with van der Waals surface area (Å²) in [6, 6.07) is 1.86. The van der Waals surface area contributed by atoms with Crippen molar-refractivity contribution in [1.82, 2.24) is 4.90 Å². The fraction of sp³-hybridized carbons (Fsp3) is 0.818. The average Bonchev–Trinajstić information content (AvgIpc) is 2.62. The Balaban J connectivity index is 1.96. The van der Waals surface area contributed by atoms with Crippen LogP contribution in [0, 0.1) is 11.3 Å². The van der Waals surface area contributed by atoms with Crippen molar-refractivity contribution in [3.05, 3.63) is 0 Å². The highest BCUT2D eigenvalue weighted by Gasteiger charge is 2.44. The highest BCUT2D eigenvalue weighted by atomic mass is 16.5. The van der Waals surface area contributed by atoms with E-state index < -0.39 is 0 Å². The van der Waals surface area contributed by atoms with E-state index in [1.54, 1.807) is 4.90 Å². The molecule has 2 rings (SSSR count). The highest BCUT2D eigenvalue weighted by molar-refractivity contribution is 5.78. The van der Waals surface area contributed by atoms with Crippen molar-refractivity contribution < 1.29 is 14.6 Å². The third kappa shape index (κ3) is 2.18. The number of likely N-dealkylation sites (tertiary alicyclic amines) is 1. The van der Waals surface area contributed by atoms with Gasteiger partial charge in [0, 0.05) is 26.1 Å². The van der Waals surface area contributed by atoms with Crippen molar-refractivity contribution in [2.45, 2.75) is 37.4 Å². The molecule has 88 valence electrons. The summed E-state index contributed by atoms with van der Waals surface area (Å²) in [6.45, 7) is 1.71. The molecule has 0 aromatic carbocycles. The first-order valence-electron chi connectivity index (χ1n) is 5.62. The van der Waals surface area contributed by atoms with E-state index in [0.717, 1.165) is 6.42 Å². The Bertz CT molecular complexity index is 326. The zero-order valence-corrected chi connectivity index (χ0v) is 9.19. The molecule has 2 heterocycles. The summed E-state index contributed by atoms with van der Waals surface area (Å²) in [7, 11) is 0. The number of carbonyl (C=O) groups excluding carboxylic acids is 1. The largest absolute Gasteiger partial charge is 0.393 e. The van der Waals surface area contributed by atoms with E-state index >= 15 is 0 Å². The highest BCUT2D eigenvalue weighted by Crippen LogP contribution is 2.34. The maximum Gasteiger partial charge on any atom is 0.236 e. The van der Waals surface area contributed by atoms with Gasteiger partial charge in [0.05, 0.1) is 17.8 Å². The zero-order valence-electron chi connectivity index (χ0n) is 9.19. The molecule has 0 unspecified atom stereocenters. The Labute approximate surface area is 94.6 Å². The Kier molecular flexibility index (Phi) is 3.13. The smallest absolute Gasteiger partial charge is 0.236 e. The molecule has 1 spiro atoms. The predicted octanol–water partition coefficient (Wildman–Crippen LogP) is 0.0425. The first kappa shape index (κ1) is 11.4. The lowest BCUT2D eigenvalue weighted by atomic mass is 9.91. The number of rotatable bonds is 1. The number of hydrogen-bond acceptors (Lipinski definition) is 4. The Hall–Kier alpha value is -1.12. The summed E-state index contributed by atoms with van der Waals surface area (Å²) in [5.41, 5.74) is -0.358. The van der Waals surface area contributed by atoms with Crippen LogP contribution in [0.5, 0.6) is 0 Å². The van der Waals surface area contributed by atoms with Gasteiger partial charge in [0.25, 0.3) is 0 Å². The van der Waals surface area contributed by atoms with E-state index in [4.69, 9.17) is 10.00 Å². The maximum atomic E-state index is 11.5. The lowest BCUT2D eigenvalue weighted by molar-refractivity contribution is -0.135. The van der Waals surface area contributed by atoms with Gasteiger partial charge in [-0.1, -0.05) is 0 Å². The van der Waals surface area contributed by atoms with Gasteiger partial charge in [-0.3, -0.25) is 4.79 Å². The molecular formula is C11H16N2O3. The van der Waals surface area contributed by atoms with Gasteiger partial charge in [0.2, 0.25) is 5.91 Å². The van der Waals surface area contributed by atoms with Gasteiger partial charge >= 0.3 is 0 Å². The second-order valence-corrected chi connectivity index (χ2v) is 4.58. The molecular weight excluding hydrogens is 208 g/mol. The van der Waals surface area contributed by atoms with Crippen LogP contribution in [0.1, 0.15) is 25.7 Å². The molecule has 16 heavy (non-hydrogen) atoms. The van der Waals surface area contributed by atoms with E-state index in [1.165, 1.54) is 0 Å². The molecule has 0 radical (unpaired) electrons. The predicted molar refractivity (Wildman–Crippen MR) is 55.4 cm³/mol. The number of hydrogen-bond donors (Lipinski definition) is 1. The number of amides is 1. The van der Waals surface area contributed by atoms with Crippen LogP contribution in [-0.2, 0) is 9.53 Å². The number of carbonyl (C=O) groups is 1. The van der Waals surface area contributed by atoms with Crippen LogP contribution in [0.25, 0.3) is 0 Å². The van der Waals surface area contributed by atoms with Crippen LogP contribution in [0.15, 0.2) is 0 Å². The Morgan fingerprint density at radius 1 is 1.69 bits per heavy atom. The van der Waals surface area contributed by atoms with E-state index in [-0.39, 0.29) is 24.0 Å². The Morgan fingerprint density at radius 3 is 3.19 bits per heavy atom. The van der Waals surface area contributed by atoms with E-state index in [1.807, 2.05) is 6.07 Å². The molecule has 2 aliphatic heterocycles. The molecule has 0 aromatic rings. The second-order valence-electron chi connectivity index (χ2n) is 4.58. The summed E-state index contributed by atoms with van der Waals surface area (Å²) in [6.07, 6.45) is 1.65. The van der Waals surface area contributed by atoms with Crippen molar-refractivity contribution in [3.8, 4) is 6.07 Å². The van der Waals surface area contributed by atoms with Gasteiger partial charge in [0.1, 0.15) is 6.42 Å². The number of nitrogens with zero attached hydrogens (tertiary/aromatic N) is 2. The summed E-state index contributed by atoms with van der Waals surface area (Å²) in [5, 5.41) is 18.1. The molecule has 2 fully saturated rings. The zero-order chi connectivity index (χ0) is 11.6. The first-order valence-corrected chi connectivity index (χ1v) is 5.62. The van der Waals surface area contributed by atoms with Crippen LogP contribution < -0.4 is 0 Å². The number of aliphatic hydroxyl groups excluding tert-OH is 1. The van der Waals surface area contributed by atoms with E-state index in [2.05, 4.69) is 0 Å². The van der Waals surface area contributed by atoms with Crippen LogP contribution in [0.3, 0.4) is 0 Å². The third-order valence-electron chi connectivity index (χ3n) is 3.37. The minimum Gasteiger partial charge on any atom is -0.393 e. The van der Waals surface area contributed by atoms with Crippen molar-refractivity contribution in [2.24, 2.45) is 0 Å². The molecule has 0 aromatic heterocycles. The quantitative estimate of drug-likeness (QED) is 0.682. The molecule has 1 amide bonds. The molecule has 2 aliphatic rings. The summed E-state index contributed by atoms with van der Waals surface area (Å²) in [5.74, 6) is -0.136. The molecule has 1 N–H and O–H groups in total. The molecule has 2 saturated heterocycles. The first-order chi connectivity index (χ1) is 7.65. The van der Waals surface area contributed by atoms with Gasteiger partial charge in [-0.2, -0.15) is 5.26 Å². The van der Waals surface area contributed by atoms with Crippen molar-refractivity contribution in [3.63, 3.8) is 0 Å². The lowest BCUT2D eigenvalue weighted by Crippen LogP contribution is -2.44. The Morgan fingerprint density at radius 2 is 2.50 bits per heavy atom. The second kappa shape index (κ2) is 4.40. The van der Waals surface area contributed by atoms with Gasteiger partial charge < -0.3 is 14.7 Å². The molecule has 2 atom stereocenters. The fourth-order valence-electron chi connectivity index (χ4n) is 2.52. The van der Waals surface area contributed by atoms with Gasteiger partial charge in [-0.05, 0) is 12.8 Å². The van der Waals surface area contributed by atoms with Crippen molar-refractivity contribution >= 4 is 5.91 Å². The van der Waals surface area contributed by atoms with E-state index in [9.17, 15) is 9.90 Å². The third-order valence-corrected chi connectivity index (χ3v) is 3.37. The van der Waals surface area contributed by atoms with Crippen LogP contribution in [0.2, 0.25) is 0 Å². The summed E-state index contributed by atoms with van der Waals surface area (Å²) < 4.78 is 5.72. The monoisotopic (exact) mass is 224 g/mol. The molecule has 5 heteroatoms. The molecule has 0 aliphatic carbocycles. The fourth-order valence-corrected chi connectivity index (χ4v) is 2.52. The van der Waals surface area contributed by atoms with Gasteiger partial charge in [0.15, 0.2) is 0 Å². The van der Waals surface area contributed by atoms with Crippen molar-refractivity contribution in [2.75, 3.05) is 19.7 Å². The number of nitriles is 1.